The first-order valence-corrected chi connectivity index (χ1v) is 32.4. The van der Waals surface area contributed by atoms with Gasteiger partial charge in [-0.05, 0) is 96.2 Å². The van der Waals surface area contributed by atoms with Gasteiger partial charge in [-0.1, -0.05) is 259 Å². The molecule has 6 heteroatoms. The Labute approximate surface area is 439 Å². The smallest absolute Gasteiger partial charge is 0.222 e. The lowest BCUT2D eigenvalue weighted by atomic mass is 9.84. The molecule has 1 rings (SSSR count). The zero-order chi connectivity index (χ0) is 50.6. The summed E-state index contributed by atoms with van der Waals surface area (Å²) in [5, 5.41) is 10.7. The minimum Gasteiger partial charge on any atom is -0.393 e. The van der Waals surface area contributed by atoms with Gasteiger partial charge in [0.15, 0.2) is 0 Å². The van der Waals surface area contributed by atoms with Crippen LogP contribution in [0, 0.1) is 5.92 Å². The van der Waals surface area contributed by atoms with Crippen molar-refractivity contribution >= 4 is 11.8 Å². The van der Waals surface area contributed by atoms with E-state index in [1.807, 2.05) is 0 Å². The third-order valence-corrected chi connectivity index (χ3v) is 16.2. The van der Waals surface area contributed by atoms with Crippen molar-refractivity contribution in [3.05, 3.63) is 0 Å². The van der Waals surface area contributed by atoms with Gasteiger partial charge in [0.2, 0.25) is 11.8 Å². The number of carbonyl (C=O) groups is 2. The Morgan fingerprint density at radius 3 is 0.886 bits per heavy atom. The summed E-state index contributed by atoms with van der Waals surface area (Å²) in [7, 11) is 0. The van der Waals surface area contributed by atoms with Crippen LogP contribution in [0.1, 0.15) is 342 Å². The SMILES string of the molecule is CCCCCCCCCCN(CCCCCCCCCC)C(=O)CCCCCCCN(CCCCCCCC(=O)N(CCCCCCCCCC)CCCCCCCCCC)CC[C@@H]1CCCC[C@H]1O. The maximum absolute atomic E-state index is 13.5. The summed E-state index contributed by atoms with van der Waals surface area (Å²) in [5.74, 6) is 1.31. The zero-order valence-corrected chi connectivity index (χ0v) is 48.4. The molecule has 1 saturated carbocycles. The summed E-state index contributed by atoms with van der Waals surface area (Å²) < 4.78 is 0. The second-order valence-corrected chi connectivity index (χ2v) is 22.9. The molecule has 416 valence electrons. The molecule has 0 unspecified atom stereocenters. The normalized spacial score (nSPS) is 15.1. The Morgan fingerprint density at radius 1 is 0.329 bits per heavy atom. The van der Waals surface area contributed by atoms with E-state index in [1.54, 1.807) is 0 Å². The highest BCUT2D eigenvalue weighted by molar-refractivity contribution is 5.76. The molecule has 0 radical (unpaired) electrons. The lowest BCUT2D eigenvalue weighted by Crippen LogP contribution is -2.33. The van der Waals surface area contributed by atoms with E-state index in [0.717, 1.165) is 84.3 Å². The molecule has 1 aliphatic carbocycles. The van der Waals surface area contributed by atoms with Gasteiger partial charge in [0.05, 0.1) is 6.10 Å². The number of rotatable bonds is 55. The lowest BCUT2D eigenvalue weighted by Gasteiger charge is -2.30. The maximum atomic E-state index is 13.5. The molecule has 0 bridgehead atoms. The van der Waals surface area contributed by atoms with Crippen molar-refractivity contribution in [2.75, 3.05) is 45.8 Å². The molecular weight excluding hydrogens is 859 g/mol. The zero-order valence-electron chi connectivity index (χ0n) is 48.4. The van der Waals surface area contributed by atoms with Gasteiger partial charge in [-0.3, -0.25) is 9.59 Å². The van der Waals surface area contributed by atoms with Gasteiger partial charge in [-0.25, -0.2) is 0 Å². The Kier molecular flexibility index (Phi) is 50.4. The van der Waals surface area contributed by atoms with Gasteiger partial charge < -0.3 is 19.8 Å². The molecule has 0 heterocycles. The van der Waals surface area contributed by atoms with Crippen LogP contribution in [-0.4, -0.2) is 83.5 Å². The van der Waals surface area contributed by atoms with Crippen molar-refractivity contribution in [3.8, 4) is 0 Å². The van der Waals surface area contributed by atoms with Gasteiger partial charge in [0.1, 0.15) is 0 Å². The highest BCUT2D eigenvalue weighted by Crippen LogP contribution is 2.27. The first kappa shape index (κ1) is 66.9. The number of aliphatic hydroxyl groups is 1. The van der Waals surface area contributed by atoms with Crippen LogP contribution < -0.4 is 0 Å². The Morgan fingerprint density at radius 2 is 0.586 bits per heavy atom. The van der Waals surface area contributed by atoms with Crippen LogP contribution in [0.5, 0.6) is 0 Å². The molecular formula is C64H127N3O3. The molecule has 0 spiro atoms. The fourth-order valence-corrected chi connectivity index (χ4v) is 11.3. The molecule has 2 amide bonds. The topological polar surface area (TPSA) is 64.1 Å². The van der Waals surface area contributed by atoms with Crippen LogP contribution in [0.3, 0.4) is 0 Å². The molecule has 0 aromatic rings. The van der Waals surface area contributed by atoms with Gasteiger partial charge >= 0.3 is 0 Å². The van der Waals surface area contributed by atoms with Crippen LogP contribution >= 0.6 is 0 Å². The lowest BCUT2D eigenvalue weighted by molar-refractivity contribution is -0.132. The molecule has 1 fully saturated rings. The van der Waals surface area contributed by atoms with E-state index in [1.165, 1.54) is 276 Å². The summed E-state index contributed by atoms with van der Waals surface area (Å²) in [6, 6.07) is 0. The maximum Gasteiger partial charge on any atom is 0.222 e. The van der Waals surface area contributed by atoms with Crippen LogP contribution in [0.25, 0.3) is 0 Å². The first-order chi connectivity index (χ1) is 34.5. The number of aliphatic hydroxyl groups excluding tert-OH is 1. The van der Waals surface area contributed by atoms with Crippen LogP contribution in [-0.2, 0) is 9.59 Å². The van der Waals surface area contributed by atoms with E-state index in [4.69, 9.17) is 0 Å². The van der Waals surface area contributed by atoms with Crippen LogP contribution in [0.4, 0.5) is 0 Å². The summed E-state index contributed by atoms with van der Waals surface area (Å²) >= 11 is 0. The van der Waals surface area contributed by atoms with Gasteiger partial charge in [0.25, 0.3) is 0 Å². The predicted octanol–water partition coefficient (Wildman–Crippen LogP) is 19.1. The number of amides is 2. The van der Waals surface area contributed by atoms with Crippen LogP contribution in [0.15, 0.2) is 0 Å². The average molecular weight is 987 g/mol. The van der Waals surface area contributed by atoms with E-state index in [-0.39, 0.29) is 6.10 Å². The quantitative estimate of drug-likeness (QED) is 0.0617. The van der Waals surface area contributed by atoms with Crippen molar-refractivity contribution in [1.29, 1.82) is 0 Å². The molecule has 1 N–H and O–H groups in total. The summed E-state index contributed by atoms with van der Waals surface area (Å²) in [5.41, 5.74) is 0. The molecule has 1 aliphatic rings. The average Bonchev–Trinajstić information content (AvgIpc) is 3.36. The number of hydrogen-bond donors (Lipinski definition) is 1. The molecule has 0 saturated heterocycles. The minimum atomic E-state index is -0.103. The molecule has 0 aromatic carbocycles. The Hall–Kier alpha value is -1.14. The highest BCUT2D eigenvalue weighted by Gasteiger charge is 2.23. The number of carbonyl (C=O) groups excluding carboxylic acids is 2. The largest absolute Gasteiger partial charge is 0.393 e. The summed E-state index contributed by atoms with van der Waals surface area (Å²) in [6.07, 6.45) is 61.2. The Balaban J connectivity index is 2.49. The van der Waals surface area contributed by atoms with Crippen molar-refractivity contribution in [2.45, 2.75) is 348 Å². The van der Waals surface area contributed by atoms with Crippen LogP contribution in [0.2, 0.25) is 0 Å². The fourth-order valence-electron chi connectivity index (χ4n) is 11.3. The summed E-state index contributed by atoms with van der Waals surface area (Å²) in [4.78, 5) is 34.2. The van der Waals surface area contributed by atoms with Gasteiger partial charge in [0, 0.05) is 39.0 Å². The standard InChI is InChI=1S/C64H127N3O3/c1-5-9-13-17-21-25-35-45-56-66(57-46-36-26-22-18-14-10-6-2)63(69)51-39-31-29-33-43-54-65(60-53-61-49-41-42-50-62(61)68)55-44-34-30-32-40-52-64(70)67(58-47-37-27-23-19-15-11-7-3)59-48-38-28-24-20-16-12-8-4/h61-62,68H,5-60H2,1-4H3/t61-,62+/m0/s1. The number of nitrogens with zero attached hydrogens (tertiary/aromatic N) is 3. The second kappa shape index (κ2) is 52.7. The monoisotopic (exact) mass is 986 g/mol. The molecule has 6 nitrogen and oxygen atoms in total. The third-order valence-electron chi connectivity index (χ3n) is 16.2. The summed E-state index contributed by atoms with van der Waals surface area (Å²) in [6.45, 7) is 16.5. The third kappa shape index (κ3) is 42.2. The molecule has 0 aromatic heterocycles. The van der Waals surface area contributed by atoms with Gasteiger partial charge in [-0.15, -0.1) is 0 Å². The minimum absolute atomic E-state index is 0.103. The molecule has 0 aliphatic heterocycles. The number of unbranched alkanes of at least 4 members (excludes halogenated alkanes) is 36. The van der Waals surface area contributed by atoms with Crippen molar-refractivity contribution in [2.24, 2.45) is 5.92 Å². The van der Waals surface area contributed by atoms with Crippen molar-refractivity contribution in [1.82, 2.24) is 14.7 Å². The van der Waals surface area contributed by atoms with Crippen molar-refractivity contribution < 1.29 is 14.7 Å². The Bertz CT molecular complexity index is 976. The van der Waals surface area contributed by atoms with E-state index >= 15 is 0 Å². The van der Waals surface area contributed by atoms with Gasteiger partial charge in [-0.2, -0.15) is 0 Å². The molecule has 70 heavy (non-hydrogen) atoms. The van der Waals surface area contributed by atoms with E-state index in [9.17, 15) is 14.7 Å². The fraction of sp³-hybridized carbons (Fsp3) is 0.969. The van der Waals surface area contributed by atoms with E-state index in [2.05, 4.69) is 42.4 Å². The van der Waals surface area contributed by atoms with E-state index < -0.39 is 0 Å². The number of hydrogen-bond acceptors (Lipinski definition) is 4. The highest BCUT2D eigenvalue weighted by atomic mass is 16.3. The predicted molar refractivity (Wildman–Crippen MR) is 308 cm³/mol. The van der Waals surface area contributed by atoms with Crippen molar-refractivity contribution in [3.63, 3.8) is 0 Å². The second-order valence-electron chi connectivity index (χ2n) is 22.9. The van der Waals surface area contributed by atoms with E-state index in [0.29, 0.717) is 17.7 Å². The first-order valence-electron chi connectivity index (χ1n) is 32.4. The molecule has 2 atom stereocenters.